The van der Waals surface area contributed by atoms with Crippen molar-refractivity contribution in [3.63, 3.8) is 0 Å². The van der Waals surface area contributed by atoms with Crippen LogP contribution in [0.5, 0.6) is 0 Å². The van der Waals surface area contributed by atoms with E-state index < -0.39 is 124 Å². The summed E-state index contributed by atoms with van der Waals surface area (Å²) < 4.78 is 30.3. The normalized spacial score (nSPS) is 49.8. The second-order valence-electron chi connectivity index (χ2n) is 19.3. The van der Waals surface area contributed by atoms with E-state index in [9.17, 15) is 44.7 Å². The lowest BCUT2D eigenvalue weighted by Gasteiger charge is -2.64. The third kappa shape index (κ3) is 5.67. The van der Waals surface area contributed by atoms with Gasteiger partial charge in [0.15, 0.2) is 17.8 Å². The Morgan fingerprint density at radius 2 is 1.66 bits per heavy atom. The lowest BCUT2D eigenvalue weighted by atomic mass is 9.49. The molecule has 316 valence electrons. The van der Waals surface area contributed by atoms with Crippen LogP contribution in [-0.2, 0) is 42.9 Å². The number of hydrogen-bond acceptors (Lipinski definition) is 15. The van der Waals surface area contributed by atoms with E-state index in [1.165, 1.54) is 13.8 Å². The molecule has 56 heavy (non-hydrogen) atoms. The summed E-state index contributed by atoms with van der Waals surface area (Å²) in [6.07, 6.45) is -4.21. The molecule has 1 spiro atoms. The zero-order chi connectivity index (χ0) is 41.3. The Kier molecular flexibility index (Phi) is 10.1. The molecule has 15 nitrogen and oxygen atoms in total. The minimum Gasteiger partial charge on any atom is -0.462 e. The molecule has 7 rings (SSSR count). The number of ether oxygens (including phenoxy) is 5. The Labute approximate surface area is 328 Å². The molecule has 0 aromatic carbocycles. The lowest BCUT2D eigenvalue weighted by Crippen LogP contribution is -2.77. The molecule has 4 bridgehead atoms. The second kappa shape index (κ2) is 13.6. The van der Waals surface area contributed by atoms with Crippen molar-refractivity contribution < 1.29 is 68.4 Å². The van der Waals surface area contributed by atoms with Crippen LogP contribution in [-0.4, -0.2) is 132 Å². The number of aliphatic hydroxyl groups is 5. The molecule has 4 aliphatic carbocycles. The number of aliphatic hydroxyl groups excluding tert-OH is 1. The zero-order valence-electron chi connectivity index (χ0n) is 34.2. The number of esters is 4. The van der Waals surface area contributed by atoms with E-state index in [-0.39, 0.29) is 25.3 Å². The van der Waals surface area contributed by atoms with Crippen molar-refractivity contribution in [3.8, 4) is 0 Å². The molecule has 0 amide bonds. The summed E-state index contributed by atoms with van der Waals surface area (Å²) in [5.74, 6) is -9.57. The summed E-state index contributed by atoms with van der Waals surface area (Å²) in [6.45, 7) is 15.4. The highest BCUT2D eigenvalue weighted by Gasteiger charge is 2.88. The van der Waals surface area contributed by atoms with E-state index >= 15 is 0 Å². The fourth-order valence-corrected chi connectivity index (χ4v) is 13.1. The molecule has 7 fully saturated rings. The van der Waals surface area contributed by atoms with Crippen molar-refractivity contribution in [2.45, 2.75) is 172 Å². The monoisotopic (exact) mass is 793 g/mol. The van der Waals surface area contributed by atoms with Crippen molar-refractivity contribution in [3.05, 3.63) is 0 Å². The number of hydrogen-bond donors (Lipinski definition) is 5. The Morgan fingerprint density at radius 3 is 2.29 bits per heavy atom. The number of nitrogens with zero attached hydrogens (tertiary/aromatic N) is 1. The van der Waals surface area contributed by atoms with Gasteiger partial charge in [0.1, 0.15) is 17.8 Å². The van der Waals surface area contributed by atoms with Gasteiger partial charge in [-0.15, -0.1) is 0 Å². The molecule has 5 N–H and O–H groups in total. The summed E-state index contributed by atoms with van der Waals surface area (Å²) in [5.41, 5.74) is -8.17. The predicted molar refractivity (Wildman–Crippen MR) is 195 cm³/mol. The first-order valence-corrected chi connectivity index (χ1v) is 20.7. The van der Waals surface area contributed by atoms with Crippen molar-refractivity contribution in [2.24, 2.45) is 46.8 Å². The van der Waals surface area contributed by atoms with Gasteiger partial charge in [-0.1, -0.05) is 27.7 Å². The summed E-state index contributed by atoms with van der Waals surface area (Å²) in [7, 11) is 0. The molecule has 3 saturated heterocycles. The van der Waals surface area contributed by atoms with Crippen LogP contribution in [0.25, 0.3) is 0 Å². The summed E-state index contributed by atoms with van der Waals surface area (Å²) >= 11 is 0. The molecule has 0 unspecified atom stereocenters. The van der Waals surface area contributed by atoms with Crippen molar-refractivity contribution in [1.29, 1.82) is 0 Å². The van der Waals surface area contributed by atoms with Gasteiger partial charge in [-0.05, 0) is 83.5 Å². The van der Waals surface area contributed by atoms with Crippen molar-refractivity contribution in [2.75, 3.05) is 13.1 Å². The fourth-order valence-electron chi connectivity index (χ4n) is 13.1. The quantitative estimate of drug-likeness (QED) is 0.174. The highest BCUT2D eigenvalue weighted by atomic mass is 16.7. The van der Waals surface area contributed by atoms with Gasteiger partial charge < -0.3 is 49.2 Å². The van der Waals surface area contributed by atoms with Crippen LogP contribution in [0, 0.1) is 46.8 Å². The van der Waals surface area contributed by atoms with E-state index in [0.717, 1.165) is 20.3 Å². The molecule has 4 saturated carbocycles. The highest BCUT2D eigenvalue weighted by Crippen LogP contribution is 2.77. The lowest BCUT2D eigenvalue weighted by molar-refractivity contribution is -0.301. The summed E-state index contributed by atoms with van der Waals surface area (Å²) in [6, 6.07) is -0.275. The van der Waals surface area contributed by atoms with Crippen LogP contribution in [0.2, 0.25) is 0 Å². The minimum atomic E-state index is -2.28. The maximum Gasteiger partial charge on any atom is 0.342 e. The Balaban J connectivity index is 1.35. The van der Waals surface area contributed by atoms with Crippen molar-refractivity contribution in [1.82, 2.24) is 4.90 Å². The van der Waals surface area contributed by atoms with Gasteiger partial charge in [-0.2, -0.15) is 0 Å². The third-order valence-electron chi connectivity index (χ3n) is 16.1. The van der Waals surface area contributed by atoms with Crippen LogP contribution < -0.4 is 0 Å². The molecular weight excluding hydrogens is 730 g/mol. The van der Waals surface area contributed by atoms with Gasteiger partial charge in [0, 0.05) is 50.2 Å². The average molecular weight is 794 g/mol. The molecular formula is C41H63NO14. The Morgan fingerprint density at radius 1 is 0.982 bits per heavy atom. The number of piperidine rings is 2. The van der Waals surface area contributed by atoms with E-state index in [2.05, 4.69) is 11.8 Å². The number of rotatable bonds is 8. The third-order valence-corrected chi connectivity index (χ3v) is 16.1. The Hall–Kier alpha value is -2.40. The van der Waals surface area contributed by atoms with Crippen LogP contribution in [0.4, 0.5) is 0 Å². The van der Waals surface area contributed by atoms with Crippen LogP contribution in [0.15, 0.2) is 0 Å². The first-order valence-electron chi connectivity index (χ1n) is 20.7. The van der Waals surface area contributed by atoms with E-state index in [1.54, 1.807) is 13.8 Å². The van der Waals surface area contributed by atoms with Crippen LogP contribution in [0.1, 0.15) is 107 Å². The zero-order valence-corrected chi connectivity index (χ0v) is 34.2. The van der Waals surface area contributed by atoms with Gasteiger partial charge in [-0.3, -0.25) is 19.3 Å². The average Bonchev–Trinajstić information content (AvgIpc) is 3.37. The number of fused-ring (bicyclic) bond motifs is 5. The van der Waals surface area contributed by atoms with Crippen LogP contribution in [0.3, 0.4) is 0 Å². The van der Waals surface area contributed by atoms with Crippen LogP contribution >= 0.6 is 0 Å². The van der Waals surface area contributed by atoms with Gasteiger partial charge >= 0.3 is 23.9 Å². The van der Waals surface area contributed by atoms with Gasteiger partial charge in [0.25, 0.3) is 0 Å². The molecule has 0 aromatic heterocycles. The molecule has 3 heterocycles. The minimum absolute atomic E-state index is 0.0258. The first kappa shape index (κ1) is 41.7. The fraction of sp³-hybridized carbons (Fsp3) is 0.902. The predicted octanol–water partition coefficient (Wildman–Crippen LogP) is 1.61. The van der Waals surface area contributed by atoms with E-state index in [1.807, 2.05) is 13.8 Å². The maximum absolute atomic E-state index is 13.7. The molecule has 0 radical (unpaired) electrons. The number of carbonyl (C=O) groups excluding carboxylic acids is 4. The standard InChI is InChI=1S/C41H63NO14/c1-10-20(3)34(46)55-33-31(45)30-24(18-42-17-19(2)11-12-28(42)38(30,9)49)25-16-39-32(40(25,33)50)26(53-23(6)44)15-27-36(39,7)14-13-29(41(27,51)56-39)54-35(47)37(8,48)21(4)52-22(5)43/h19-21,24-33,45,48-51H,10-18H2,1-9H3/t19-,20-,21+,24-,25-,26+,27-,28-,29-,30+,31+,32+,33-,36-,37+,38+,39+,40-,41-/m0/s1. The van der Waals surface area contributed by atoms with E-state index in [4.69, 9.17) is 23.7 Å². The van der Waals surface area contributed by atoms with Crippen molar-refractivity contribution >= 4 is 23.9 Å². The highest BCUT2D eigenvalue weighted by molar-refractivity contribution is 5.80. The maximum atomic E-state index is 13.7. The Bertz CT molecular complexity index is 1620. The number of carbonyl (C=O) groups is 4. The molecule has 15 heteroatoms. The van der Waals surface area contributed by atoms with Gasteiger partial charge in [-0.25, -0.2) is 4.79 Å². The molecule has 7 aliphatic rings. The first-order chi connectivity index (χ1) is 25.9. The molecule has 3 aliphatic heterocycles. The van der Waals surface area contributed by atoms with E-state index in [0.29, 0.717) is 38.3 Å². The van der Waals surface area contributed by atoms with Gasteiger partial charge in [0.05, 0.1) is 29.1 Å². The second-order valence-corrected chi connectivity index (χ2v) is 19.3. The SMILES string of the molecule is CC[C@H](C)C(=O)O[C@H]1[C@H](O)[C@H]2[C@@H](CN3C[C@@H](C)CC[C@H]3[C@@]2(C)O)[C@@H]2C[C@]34O[C@]5(O)[C@@H](OC(=O)[C@](C)(O)[C@@H](C)OC(C)=O)CC[C@@]3(C)[C@@H]5C[C@@H](OC(C)=O)[C@H]4[C@@]21O. The van der Waals surface area contributed by atoms with Gasteiger partial charge in [0.2, 0.25) is 5.79 Å². The largest absolute Gasteiger partial charge is 0.462 e. The smallest absolute Gasteiger partial charge is 0.342 e. The summed E-state index contributed by atoms with van der Waals surface area (Å²) in [5, 5.41) is 62.8. The summed E-state index contributed by atoms with van der Waals surface area (Å²) in [4.78, 5) is 54.2. The molecule has 0 aromatic rings. The molecule has 19 atom stereocenters. The topological polar surface area (TPSA) is 219 Å².